The van der Waals surface area contributed by atoms with Gasteiger partial charge in [0, 0.05) is 11.8 Å². The van der Waals surface area contributed by atoms with Gasteiger partial charge in [0.1, 0.15) is 4.33 Å². The quantitative estimate of drug-likeness (QED) is 0.549. The SMILES string of the molecule is C[Si](C)(C)OC1C2C3C2C3C2C1C2(Cl)Cl. The van der Waals surface area contributed by atoms with Gasteiger partial charge in [-0.05, 0) is 43.3 Å². The third kappa shape index (κ3) is 1.05. The summed E-state index contributed by atoms with van der Waals surface area (Å²) in [5.41, 5.74) is 0. The lowest BCUT2D eigenvalue weighted by molar-refractivity contribution is 0.0752. The number of fused-ring (bicyclic) bond motifs is 4. The van der Waals surface area contributed by atoms with Crippen LogP contribution >= 0.6 is 23.2 Å². The van der Waals surface area contributed by atoms with Gasteiger partial charge in [-0.3, -0.25) is 0 Å². The van der Waals surface area contributed by atoms with Crippen molar-refractivity contribution in [3.63, 3.8) is 0 Å². The Hall–Kier alpha value is 0.757. The van der Waals surface area contributed by atoms with Gasteiger partial charge < -0.3 is 4.43 Å². The van der Waals surface area contributed by atoms with Gasteiger partial charge in [0.25, 0.3) is 0 Å². The first-order valence-electron chi connectivity index (χ1n) is 5.90. The van der Waals surface area contributed by atoms with E-state index < -0.39 is 12.7 Å². The van der Waals surface area contributed by atoms with Crippen LogP contribution in [0.4, 0.5) is 0 Å². The molecule has 15 heavy (non-hydrogen) atoms. The highest BCUT2D eigenvalue weighted by molar-refractivity contribution is 6.69. The van der Waals surface area contributed by atoms with Gasteiger partial charge in [0.05, 0.1) is 6.10 Å². The minimum Gasteiger partial charge on any atom is -0.414 e. The molecule has 0 amide bonds. The third-order valence-electron chi connectivity index (χ3n) is 4.74. The average Bonchev–Trinajstić information content (AvgIpc) is 2.86. The highest BCUT2D eigenvalue weighted by atomic mass is 35.5. The van der Waals surface area contributed by atoms with E-state index in [2.05, 4.69) is 19.6 Å². The molecule has 1 nitrogen and oxygen atoms in total. The van der Waals surface area contributed by atoms with E-state index in [1.807, 2.05) is 0 Å². The highest BCUT2D eigenvalue weighted by Gasteiger charge is 2.91. The summed E-state index contributed by atoms with van der Waals surface area (Å²) in [6.07, 6.45) is 0.400. The van der Waals surface area contributed by atoms with E-state index in [0.717, 1.165) is 23.7 Å². The zero-order chi connectivity index (χ0) is 10.7. The molecular formula is C11H16Cl2OSi. The Morgan fingerprint density at radius 1 is 0.933 bits per heavy atom. The molecule has 0 aromatic heterocycles. The van der Waals surface area contributed by atoms with Gasteiger partial charge in [0.15, 0.2) is 8.32 Å². The Morgan fingerprint density at radius 3 is 2.07 bits per heavy atom. The van der Waals surface area contributed by atoms with Crippen LogP contribution in [0.5, 0.6) is 0 Å². The van der Waals surface area contributed by atoms with Gasteiger partial charge in [-0.2, -0.15) is 0 Å². The zero-order valence-corrected chi connectivity index (χ0v) is 11.7. The number of alkyl halides is 2. The monoisotopic (exact) mass is 262 g/mol. The molecular weight excluding hydrogens is 247 g/mol. The lowest BCUT2D eigenvalue weighted by atomic mass is 9.86. The number of hydrogen-bond donors (Lipinski definition) is 0. The molecule has 4 saturated carbocycles. The summed E-state index contributed by atoms with van der Waals surface area (Å²) in [7, 11) is -1.44. The van der Waals surface area contributed by atoms with Gasteiger partial charge in [-0.15, -0.1) is 23.2 Å². The van der Waals surface area contributed by atoms with Crippen LogP contribution in [-0.2, 0) is 4.43 Å². The lowest BCUT2D eigenvalue weighted by Crippen LogP contribution is -2.40. The van der Waals surface area contributed by atoms with Crippen LogP contribution in [0.3, 0.4) is 0 Å². The van der Waals surface area contributed by atoms with Crippen molar-refractivity contribution in [2.45, 2.75) is 30.1 Å². The first kappa shape index (κ1) is 9.75. The summed E-state index contributed by atoms with van der Waals surface area (Å²) in [5.74, 6) is 4.65. The van der Waals surface area contributed by atoms with E-state index in [1.54, 1.807) is 0 Å². The highest BCUT2D eigenvalue weighted by Crippen LogP contribution is 2.90. The van der Waals surface area contributed by atoms with Crippen molar-refractivity contribution in [3.05, 3.63) is 0 Å². The maximum Gasteiger partial charge on any atom is 0.184 e. The van der Waals surface area contributed by atoms with E-state index in [-0.39, 0.29) is 0 Å². The maximum atomic E-state index is 6.37. The topological polar surface area (TPSA) is 9.23 Å². The van der Waals surface area contributed by atoms with Crippen molar-refractivity contribution >= 4 is 31.5 Å². The Bertz CT molecular complexity index is 341. The molecule has 0 radical (unpaired) electrons. The fraction of sp³-hybridized carbons (Fsp3) is 1.00. The smallest absolute Gasteiger partial charge is 0.184 e. The first-order chi connectivity index (χ1) is 6.84. The van der Waals surface area contributed by atoms with Crippen molar-refractivity contribution in [1.29, 1.82) is 0 Å². The Kier molecular flexibility index (Phi) is 1.50. The van der Waals surface area contributed by atoms with Gasteiger partial charge in [-0.1, -0.05) is 0 Å². The molecule has 0 spiro atoms. The van der Waals surface area contributed by atoms with E-state index in [1.165, 1.54) is 0 Å². The normalized spacial score (nSPS) is 61.8. The van der Waals surface area contributed by atoms with E-state index in [4.69, 9.17) is 27.6 Å². The fourth-order valence-electron chi connectivity index (χ4n) is 4.15. The number of hydrogen-bond acceptors (Lipinski definition) is 1. The van der Waals surface area contributed by atoms with E-state index in [9.17, 15) is 0 Å². The molecule has 5 unspecified atom stereocenters. The number of rotatable bonds is 2. The van der Waals surface area contributed by atoms with Crippen molar-refractivity contribution in [2.75, 3.05) is 0 Å². The molecule has 4 aliphatic rings. The Morgan fingerprint density at radius 2 is 1.53 bits per heavy atom. The Labute approximate surface area is 102 Å². The molecule has 0 saturated heterocycles. The summed E-state index contributed by atoms with van der Waals surface area (Å²) in [6, 6.07) is 0. The standard InChI is InChI=1S/C11H16Cl2OSi/c1-15(2,3)14-10-7-4-5(7)6(4)8-9(10)11(8,12)13/h4-10H,1-3H3. The molecule has 4 aliphatic carbocycles. The molecule has 84 valence electrons. The zero-order valence-electron chi connectivity index (χ0n) is 9.21. The minimum atomic E-state index is -1.44. The molecule has 0 aliphatic heterocycles. The van der Waals surface area contributed by atoms with Crippen LogP contribution in [0, 0.1) is 35.5 Å². The number of halogens is 2. The summed E-state index contributed by atoms with van der Waals surface area (Å²) in [5, 5.41) is 0. The predicted molar refractivity (Wildman–Crippen MR) is 63.6 cm³/mol. The van der Waals surface area contributed by atoms with Crippen LogP contribution in [0.25, 0.3) is 0 Å². The van der Waals surface area contributed by atoms with Crippen LogP contribution in [0.1, 0.15) is 0 Å². The first-order valence-corrected chi connectivity index (χ1v) is 10.1. The fourth-order valence-corrected chi connectivity index (χ4v) is 6.22. The van der Waals surface area contributed by atoms with Gasteiger partial charge in [-0.25, -0.2) is 0 Å². The van der Waals surface area contributed by atoms with Crippen LogP contribution in [-0.4, -0.2) is 18.8 Å². The molecule has 4 heteroatoms. The van der Waals surface area contributed by atoms with Crippen LogP contribution < -0.4 is 0 Å². The van der Waals surface area contributed by atoms with Gasteiger partial charge in [0.2, 0.25) is 0 Å². The molecule has 4 rings (SSSR count). The molecule has 0 bridgehead atoms. The predicted octanol–water partition coefficient (Wildman–Crippen LogP) is 3.13. The molecule has 0 heterocycles. The van der Waals surface area contributed by atoms with Crippen molar-refractivity contribution in [3.8, 4) is 0 Å². The summed E-state index contributed by atoms with van der Waals surface area (Å²) in [6.45, 7) is 6.78. The van der Waals surface area contributed by atoms with E-state index in [0.29, 0.717) is 17.9 Å². The van der Waals surface area contributed by atoms with Gasteiger partial charge >= 0.3 is 0 Å². The summed E-state index contributed by atoms with van der Waals surface area (Å²) in [4.78, 5) is 0. The lowest BCUT2D eigenvalue weighted by Gasteiger charge is -2.33. The largest absolute Gasteiger partial charge is 0.414 e. The second-order valence-electron chi connectivity index (χ2n) is 6.73. The third-order valence-corrected chi connectivity index (χ3v) is 6.73. The van der Waals surface area contributed by atoms with Crippen molar-refractivity contribution < 1.29 is 4.43 Å². The minimum absolute atomic E-state index is 0.400. The Balaban J connectivity index is 1.60. The van der Waals surface area contributed by atoms with Crippen molar-refractivity contribution in [1.82, 2.24) is 0 Å². The average molecular weight is 263 g/mol. The summed E-state index contributed by atoms with van der Waals surface area (Å²) < 4.78 is 5.87. The van der Waals surface area contributed by atoms with E-state index >= 15 is 0 Å². The molecule has 4 fully saturated rings. The molecule has 0 N–H and O–H groups in total. The second-order valence-corrected chi connectivity index (χ2v) is 12.6. The maximum absolute atomic E-state index is 6.37. The van der Waals surface area contributed by atoms with Crippen LogP contribution in [0.2, 0.25) is 19.6 Å². The second kappa shape index (κ2) is 2.31. The molecule has 5 atom stereocenters. The molecule has 0 aromatic carbocycles. The van der Waals surface area contributed by atoms with Crippen molar-refractivity contribution in [2.24, 2.45) is 35.5 Å². The summed E-state index contributed by atoms with van der Waals surface area (Å²) >= 11 is 12.7. The van der Waals surface area contributed by atoms with Crippen LogP contribution in [0.15, 0.2) is 0 Å². The molecule has 0 aromatic rings.